The molecule has 3 aromatic carbocycles. The van der Waals surface area contributed by atoms with E-state index in [-0.39, 0.29) is 44.2 Å². The Balaban J connectivity index is 1.92. The molecule has 0 aromatic heterocycles. The third-order valence-electron chi connectivity index (χ3n) is 6.60. The van der Waals surface area contributed by atoms with Crippen molar-refractivity contribution in [3.63, 3.8) is 0 Å². The molecule has 2 amide bonds. The molecule has 7 nitrogen and oxygen atoms in total. The summed E-state index contributed by atoms with van der Waals surface area (Å²) in [4.78, 5) is 28.9. The molecule has 0 heterocycles. The molecule has 0 saturated heterocycles. The Morgan fingerprint density at radius 1 is 0.927 bits per heavy atom. The predicted molar refractivity (Wildman–Crippen MR) is 161 cm³/mol. The van der Waals surface area contributed by atoms with Crippen LogP contribution in [0, 0.1) is 12.7 Å². The lowest BCUT2D eigenvalue weighted by Crippen LogP contribution is -2.54. The van der Waals surface area contributed by atoms with Gasteiger partial charge in [0.05, 0.1) is 11.9 Å². The van der Waals surface area contributed by atoms with Gasteiger partial charge in [-0.2, -0.15) is 0 Å². The van der Waals surface area contributed by atoms with Crippen LogP contribution in [0.3, 0.4) is 0 Å². The standard InChI is InChI=1S/C32H40FN3O4S/c1-24-14-9-12-19-28(24)36(41(5,39)40)21-13-20-30(37)35(23-26-17-10-11-18-27(26)33)29(31(38)34-32(2,3)4)22-25-15-7-6-8-16-25/h6-12,14-19,29H,13,20-23H2,1-5H3,(H,34,38)/t29-/m1/s1. The molecular formula is C32H40FN3O4S. The van der Waals surface area contributed by atoms with Gasteiger partial charge in [0.25, 0.3) is 0 Å². The van der Waals surface area contributed by atoms with E-state index >= 15 is 0 Å². The highest BCUT2D eigenvalue weighted by Gasteiger charge is 2.32. The fourth-order valence-electron chi connectivity index (χ4n) is 4.64. The number of para-hydroxylation sites is 1. The Bertz CT molecular complexity index is 1440. The highest BCUT2D eigenvalue weighted by molar-refractivity contribution is 7.92. The first kappa shape index (κ1) is 31.8. The van der Waals surface area contributed by atoms with Crippen molar-refractivity contribution in [3.05, 3.63) is 101 Å². The molecule has 220 valence electrons. The van der Waals surface area contributed by atoms with Gasteiger partial charge in [0, 0.05) is 37.0 Å². The molecule has 1 atom stereocenters. The van der Waals surface area contributed by atoms with Crippen molar-refractivity contribution in [3.8, 4) is 0 Å². The summed E-state index contributed by atoms with van der Waals surface area (Å²) in [6, 6.07) is 21.8. The van der Waals surface area contributed by atoms with Crippen LogP contribution >= 0.6 is 0 Å². The molecule has 0 bridgehead atoms. The van der Waals surface area contributed by atoms with E-state index in [1.54, 1.807) is 30.3 Å². The number of hydrogen-bond acceptors (Lipinski definition) is 4. The first-order chi connectivity index (χ1) is 19.3. The molecule has 41 heavy (non-hydrogen) atoms. The van der Waals surface area contributed by atoms with Gasteiger partial charge in [-0.3, -0.25) is 13.9 Å². The van der Waals surface area contributed by atoms with Gasteiger partial charge in [0.2, 0.25) is 21.8 Å². The molecule has 0 radical (unpaired) electrons. The van der Waals surface area contributed by atoms with Crippen molar-refractivity contribution in [2.45, 2.75) is 65.1 Å². The maximum Gasteiger partial charge on any atom is 0.243 e. The number of hydrogen-bond donors (Lipinski definition) is 1. The topological polar surface area (TPSA) is 86.8 Å². The largest absolute Gasteiger partial charge is 0.350 e. The van der Waals surface area contributed by atoms with Crippen molar-refractivity contribution in [1.82, 2.24) is 10.2 Å². The Hall–Kier alpha value is -3.72. The van der Waals surface area contributed by atoms with Crippen LogP contribution in [-0.2, 0) is 32.6 Å². The molecule has 3 aromatic rings. The zero-order valence-electron chi connectivity index (χ0n) is 24.4. The van der Waals surface area contributed by atoms with E-state index in [0.29, 0.717) is 11.3 Å². The fourth-order valence-corrected chi connectivity index (χ4v) is 5.67. The summed E-state index contributed by atoms with van der Waals surface area (Å²) in [5.41, 5.74) is 1.95. The molecule has 0 aliphatic carbocycles. The van der Waals surface area contributed by atoms with Gasteiger partial charge in [-0.1, -0.05) is 66.7 Å². The second-order valence-corrected chi connectivity index (χ2v) is 13.2. The number of anilines is 1. The molecule has 1 N–H and O–H groups in total. The van der Waals surface area contributed by atoms with Crippen LogP contribution in [0.15, 0.2) is 78.9 Å². The summed E-state index contributed by atoms with van der Waals surface area (Å²) >= 11 is 0. The van der Waals surface area contributed by atoms with Crippen molar-refractivity contribution < 1.29 is 22.4 Å². The minimum Gasteiger partial charge on any atom is -0.350 e. The van der Waals surface area contributed by atoms with Crippen LogP contribution < -0.4 is 9.62 Å². The van der Waals surface area contributed by atoms with E-state index < -0.39 is 27.4 Å². The number of benzene rings is 3. The normalized spacial score (nSPS) is 12.4. The van der Waals surface area contributed by atoms with Gasteiger partial charge in [-0.05, 0) is 57.4 Å². The molecule has 0 spiro atoms. The molecule has 0 fully saturated rings. The number of rotatable bonds is 12. The van der Waals surface area contributed by atoms with Gasteiger partial charge >= 0.3 is 0 Å². The van der Waals surface area contributed by atoms with E-state index in [2.05, 4.69) is 5.32 Å². The van der Waals surface area contributed by atoms with E-state index in [9.17, 15) is 22.4 Å². The second-order valence-electron chi connectivity index (χ2n) is 11.3. The van der Waals surface area contributed by atoms with Crippen molar-refractivity contribution >= 4 is 27.5 Å². The van der Waals surface area contributed by atoms with Crippen LogP contribution in [0.2, 0.25) is 0 Å². The number of amides is 2. The molecule has 3 rings (SSSR count). The fraction of sp³-hybridized carbons (Fsp3) is 0.375. The summed E-state index contributed by atoms with van der Waals surface area (Å²) in [6.07, 6.45) is 1.56. The number of nitrogens with zero attached hydrogens (tertiary/aromatic N) is 2. The Labute approximate surface area is 243 Å². The lowest BCUT2D eigenvalue weighted by Gasteiger charge is -2.34. The zero-order valence-corrected chi connectivity index (χ0v) is 25.2. The summed E-state index contributed by atoms with van der Waals surface area (Å²) in [7, 11) is -3.61. The van der Waals surface area contributed by atoms with E-state index in [4.69, 9.17) is 0 Å². The summed E-state index contributed by atoms with van der Waals surface area (Å²) in [6.45, 7) is 7.39. The van der Waals surface area contributed by atoms with Crippen LogP contribution in [-0.4, -0.2) is 49.5 Å². The maximum atomic E-state index is 14.8. The number of carbonyl (C=O) groups is 2. The number of sulfonamides is 1. The molecule has 0 saturated carbocycles. The Morgan fingerprint density at radius 3 is 2.15 bits per heavy atom. The minimum atomic E-state index is -3.61. The van der Waals surface area contributed by atoms with Crippen LogP contribution in [0.1, 0.15) is 50.3 Å². The van der Waals surface area contributed by atoms with Crippen LogP contribution in [0.5, 0.6) is 0 Å². The first-order valence-corrected chi connectivity index (χ1v) is 15.5. The van der Waals surface area contributed by atoms with Crippen LogP contribution in [0.4, 0.5) is 10.1 Å². The minimum absolute atomic E-state index is 0.0273. The van der Waals surface area contributed by atoms with E-state index in [0.717, 1.165) is 17.4 Å². The predicted octanol–water partition coefficient (Wildman–Crippen LogP) is 5.24. The SMILES string of the molecule is Cc1ccccc1N(CCCC(=O)N(Cc1ccccc1F)[C@H](Cc1ccccc1)C(=O)NC(C)(C)C)S(C)(=O)=O. The molecular weight excluding hydrogens is 541 g/mol. The summed E-state index contributed by atoms with van der Waals surface area (Å²) in [5, 5.41) is 2.98. The zero-order chi connectivity index (χ0) is 30.2. The van der Waals surface area contributed by atoms with Crippen LogP contribution in [0.25, 0.3) is 0 Å². The van der Waals surface area contributed by atoms with Crippen molar-refractivity contribution in [2.24, 2.45) is 0 Å². The molecule has 9 heteroatoms. The van der Waals surface area contributed by atoms with Gasteiger partial charge in [-0.15, -0.1) is 0 Å². The third-order valence-corrected chi connectivity index (χ3v) is 7.78. The monoisotopic (exact) mass is 581 g/mol. The Morgan fingerprint density at radius 2 is 1.54 bits per heavy atom. The third kappa shape index (κ3) is 9.42. The average Bonchev–Trinajstić information content (AvgIpc) is 2.89. The number of nitrogens with one attached hydrogen (secondary N) is 1. The lowest BCUT2D eigenvalue weighted by atomic mass is 10.00. The summed E-state index contributed by atoms with van der Waals surface area (Å²) < 4.78 is 41.4. The smallest absolute Gasteiger partial charge is 0.243 e. The van der Waals surface area contributed by atoms with Crippen molar-refractivity contribution in [1.29, 1.82) is 0 Å². The second kappa shape index (κ2) is 13.8. The van der Waals surface area contributed by atoms with Crippen molar-refractivity contribution in [2.75, 3.05) is 17.1 Å². The van der Waals surface area contributed by atoms with E-state index in [1.807, 2.05) is 70.2 Å². The number of aryl methyl sites for hydroxylation is 1. The molecule has 0 unspecified atom stereocenters. The number of halogens is 1. The summed E-state index contributed by atoms with van der Waals surface area (Å²) in [5.74, 6) is -1.18. The highest BCUT2D eigenvalue weighted by atomic mass is 32.2. The number of carbonyl (C=O) groups excluding carboxylic acids is 2. The quantitative estimate of drug-likeness (QED) is 0.317. The molecule has 0 aliphatic rings. The molecule has 0 aliphatic heterocycles. The average molecular weight is 582 g/mol. The lowest BCUT2D eigenvalue weighted by molar-refractivity contribution is -0.142. The van der Waals surface area contributed by atoms with Gasteiger partial charge in [-0.25, -0.2) is 12.8 Å². The van der Waals surface area contributed by atoms with Gasteiger partial charge in [0.1, 0.15) is 11.9 Å². The highest BCUT2D eigenvalue weighted by Crippen LogP contribution is 2.24. The Kier molecular flexibility index (Phi) is 10.7. The first-order valence-electron chi connectivity index (χ1n) is 13.7. The van der Waals surface area contributed by atoms with E-state index in [1.165, 1.54) is 15.3 Å². The van der Waals surface area contributed by atoms with Gasteiger partial charge < -0.3 is 10.2 Å². The van der Waals surface area contributed by atoms with Gasteiger partial charge in [0.15, 0.2) is 0 Å². The maximum absolute atomic E-state index is 14.8.